The fourth-order valence-corrected chi connectivity index (χ4v) is 1.32. The number of fused-ring (bicyclic) bond motifs is 1. The van der Waals surface area contributed by atoms with Crippen molar-refractivity contribution in [3.63, 3.8) is 0 Å². The first-order valence-corrected chi connectivity index (χ1v) is 4.08. The number of nitrogens with zero attached hydrogens (tertiary/aromatic N) is 1. The molecule has 0 saturated carbocycles. The van der Waals surface area contributed by atoms with Crippen molar-refractivity contribution in [2.45, 2.75) is 6.61 Å². The van der Waals surface area contributed by atoms with Crippen molar-refractivity contribution in [3.8, 4) is 5.75 Å². The third-order valence-electron chi connectivity index (χ3n) is 1.92. The fourth-order valence-electron chi connectivity index (χ4n) is 1.32. The summed E-state index contributed by atoms with van der Waals surface area (Å²) in [7, 11) is 0. The van der Waals surface area contributed by atoms with Gasteiger partial charge in [0.15, 0.2) is 6.29 Å². The van der Waals surface area contributed by atoms with Crippen LogP contribution < -0.4 is 4.74 Å². The van der Waals surface area contributed by atoms with E-state index in [0.717, 1.165) is 0 Å². The molecule has 15 heavy (non-hydrogen) atoms. The number of halogens is 2. The minimum atomic E-state index is -2.96. The number of ether oxygens (including phenoxy) is 1. The largest absolute Gasteiger partial charge is 0.434 e. The van der Waals surface area contributed by atoms with Gasteiger partial charge < -0.3 is 9.72 Å². The number of H-pyrrole nitrogens is 1. The monoisotopic (exact) mass is 212 g/mol. The summed E-state index contributed by atoms with van der Waals surface area (Å²) in [6, 6.07) is 2.82. The number of hydrogen-bond donors (Lipinski definition) is 1. The third-order valence-corrected chi connectivity index (χ3v) is 1.92. The van der Waals surface area contributed by atoms with Gasteiger partial charge in [0.05, 0.1) is 17.4 Å². The van der Waals surface area contributed by atoms with Gasteiger partial charge in [-0.3, -0.25) is 4.79 Å². The molecular formula is C9H6F2N2O2. The molecule has 0 radical (unpaired) electrons. The van der Waals surface area contributed by atoms with Crippen LogP contribution in [-0.2, 0) is 0 Å². The summed E-state index contributed by atoms with van der Waals surface area (Å²) in [4.78, 5) is 17.3. The zero-order valence-electron chi connectivity index (χ0n) is 7.41. The van der Waals surface area contributed by atoms with Gasteiger partial charge in [0.1, 0.15) is 11.3 Å². The number of hydrogen-bond acceptors (Lipinski definition) is 3. The van der Waals surface area contributed by atoms with Gasteiger partial charge in [0.2, 0.25) is 0 Å². The van der Waals surface area contributed by atoms with Crippen LogP contribution in [0.5, 0.6) is 5.75 Å². The lowest BCUT2D eigenvalue weighted by atomic mass is 10.2. The molecule has 2 rings (SSSR count). The fraction of sp³-hybridized carbons (Fsp3) is 0.111. The summed E-state index contributed by atoms with van der Waals surface area (Å²) >= 11 is 0. The summed E-state index contributed by atoms with van der Waals surface area (Å²) in [5, 5.41) is 0. The molecule has 6 heteroatoms. The topological polar surface area (TPSA) is 55.0 Å². The standard InChI is InChI=1S/C9H6F2N2O2/c10-9(11)15-7-2-1-6-8(5(7)3-14)13-4-12-6/h1-4,9H,(H,12,13). The molecule has 2 aromatic rings. The van der Waals surface area contributed by atoms with Crippen LogP contribution in [0.2, 0.25) is 0 Å². The normalized spacial score (nSPS) is 10.9. The maximum absolute atomic E-state index is 12.0. The number of carbonyl (C=O) groups excluding carboxylic acids is 1. The molecule has 0 saturated heterocycles. The van der Waals surface area contributed by atoms with Crippen molar-refractivity contribution in [2.24, 2.45) is 0 Å². The number of nitrogens with one attached hydrogen (secondary N) is 1. The Bertz CT molecular complexity index is 496. The molecule has 0 unspecified atom stereocenters. The van der Waals surface area contributed by atoms with Gasteiger partial charge in [-0.25, -0.2) is 4.98 Å². The quantitative estimate of drug-likeness (QED) is 0.791. The van der Waals surface area contributed by atoms with Crippen molar-refractivity contribution >= 4 is 17.3 Å². The van der Waals surface area contributed by atoms with Gasteiger partial charge in [-0.1, -0.05) is 0 Å². The molecule has 4 nitrogen and oxygen atoms in total. The van der Waals surface area contributed by atoms with Crippen LogP contribution in [0.1, 0.15) is 10.4 Å². The molecule has 78 valence electrons. The second kappa shape index (κ2) is 3.64. The van der Waals surface area contributed by atoms with E-state index in [1.165, 1.54) is 18.5 Å². The summed E-state index contributed by atoms with van der Waals surface area (Å²) in [6.45, 7) is -2.96. The Labute approximate surface area is 82.9 Å². The number of benzene rings is 1. The molecule has 0 aliphatic heterocycles. The molecule has 1 aromatic carbocycles. The minimum absolute atomic E-state index is 0.0223. The number of carbonyl (C=O) groups is 1. The van der Waals surface area contributed by atoms with Crippen molar-refractivity contribution in [2.75, 3.05) is 0 Å². The Morgan fingerprint density at radius 3 is 2.93 bits per heavy atom. The molecule has 1 heterocycles. The smallest absolute Gasteiger partial charge is 0.387 e. The Morgan fingerprint density at radius 2 is 2.27 bits per heavy atom. The van der Waals surface area contributed by atoms with Crippen LogP contribution in [0.3, 0.4) is 0 Å². The predicted octanol–water partition coefficient (Wildman–Crippen LogP) is 1.98. The molecule has 0 fully saturated rings. The molecule has 0 atom stereocenters. The van der Waals surface area contributed by atoms with E-state index in [0.29, 0.717) is 17.3 Å². The lowest BCUT2D eigenvalue weighted by molar-refractivity contribution is -0.0499. The maximum atomic E-state index is 12.0. The lowest BCUT2D eigenvalue weighted by Crippen LogP contribution is -2.04. The Morgan fingerprint density at radius 1 is 1.47 bits per heavy atom. The van der Waals surface area contributed by atoms with Gasteiger partial charge in [-0.15, -0.1) is 0 Å². The van der Waals surface area contributed by atoms with Gasteiger partial charge in [0, 0.05) is 0 Å². The molecule has 0 aliphatic rings. The van der Waals surface area contributed by atoms with Crippen LogP contribution >= 0.6 is 0 Å². The molecular weight excluding hydrogens is 206 g/mol. The Kier molecular flexibility index (Phi) is 2.32. The Hall–Kier alpha value is -1.98. The van der Waals surface area contributed by atoms with Gasteiger partial charge in [0.25, 0.3) is 0 Å². The number of aromatic amines is 1. The lowest BCUT2D eigenvalue weighted by Gasteiger charge is -2.06. The summed E-state index contributed by atoms with van der Waals surface area (Å²) in [5.41, 5.74) is 0.941. The highest BCUT2D eigenvalue weighted by Gasteiger charge is 2.13. The van der Waals surface area contributed by atoms with Gasteiger partial charge in [-0.2, -0.15) is 8.78 Å². The average Bonchev–Trinajstić information content (AvgIpc) is 2.64. The van der Waals surface area contributed by atoms with Crippen LogP contribution in [-0.4, -0.2) is 22.9 Å². The van der Waals surface area contributed by atoms with Crippen LogP contribution in [0.4, 0.5) is 8.78 Å². The second-order valence-corrected chi connectivity index (χ2v) is 2.77. The maximum Gasteiger partial charge on any atom is 0.387 e. The van der Waals surface area contributed by atoms with Crippen LogP contribution in [0.25, 0.3) is 11.0 Å². The third kappa shape index (κ3) is 1.65. The predicted molar refractivity (Wildman–Crippen MR) is 48.1 cm³/mol. The van der Waals surface area contributed by atoms with E-state index in [2.05, 4.69) is 14.7 Å². The number of rotatable bonds is 3. The molecule has 0 bridgehead atoms. The zero-order valence-corrected chi connectivity index (χ0v) is 7.41. The van der Waals surface area contributed by atoms with E-state index >= 15 is 0 Å². The van der Waals surface area contributed by atoms with Gasteiger partial charge >= 0.3 is 6.61 Å². The summed E-state index contributed by atoms with van der Waals surface area (Å²) in [6.07, 6.45) is 1.82. The second-order valence-electron chi connectivity index (χ2n) is 2.77. The molecule has 0 amide bonds. The highest BCUT2D eigenvalue weighted by molar-refractivity contribution is 5.97. The van der Waals surface area contributed by atoms with E-state index in [-0.39, 0.29) is 11.3 Å². The first-order chi connectivity index (χ1) is 7.22. The molecule has 0 spiro atoms. The highest BCUT2D eigenvalue weighted by atomic mass is 19.3. The number of aromatic nitrogens is 2. The molecule has 0 aliphatic carbocycles. The van der Waals surface area contributed by atoms with E-state index in [4.69, 9.17) is 0 Å². The SMILES string of the molecule is O=Cc1c(OC(F)F)ccc2[nH]cnc12. The number of alkyl halides is 2. The number of imidazole rings is 1. The van der Waals surface area contributed by atoms with Crippen molar-refractivity contribution in [1.29, 1.82) is 0 Å². The Balaban J connectivity index is 2.58. The van der Waals surface area contributed by atoms with E-state index < -0.39 is 6.61 Å². The highest BCUT2D eigenvalue weighted by Crippen LogP contribution is 2.25. The first-order valence-electron chi connectivity index (χ1n) is 4.08. The summed E-state index contributed by atoms with van der Waals surface area (Å²) < 4.78 is 28.2. The summed E-state index contributed by atoms with van der Waals surface area (Å²) in [5.74, 6) is -0.167. The molecule has 1 aromatic heterocycles. The van der Waals surface area contributed by atoms with Crippen molar-refractivity contribution in [3.05, 3.63) is 24.0 Å². The minimum Gasteiger partial charge on any atom is -0.434 e. The zero-order chi connectivity index (χ0) is 10.8. The van der Waals surface area contributed by atoms with E-state index in [1.807, 2.05) is 0 Å². The van der Waals surface area contributed by atoms with Crippen LogP contribution in [0, 0.1) is 0 Å². The van der Waals surface area contributed by atoms with E-state index in [1.54, 1.807) is 0 Å². The molecule has 1 N–H and O–H groups in total. The van der Waals surface area contributed by atoms with Crippen molar-refractivity contribution < 1.29 is 18.3 Å². The van der Waals surface area contributed by atoms with E-state index in [9.17, 15) is 13.6 Å². The number of aldehydes is 1. The van der Waals surface area contributed by atoms with Crippen molar-refractivity contribution in [1.82, 2.24) is 9.97 Å². The van der Waals surface area contributed by atoms with Gasteiger partial charge in [-0.05, 0) is 12.1 Å². The average molecular weight is 212 g/mol. The van der Waals surface area contributed by atoms with Crippen LogP contribution in [0.15, 0.2) is 18.5 Å². The first kappa shape index (κ1) is 9.57.